The molecule has 1 aliphatic heterocycles. The van der Waals surface area contributed by atoms with Gasteiger partial charge >= 0.3 is 5.97 Å². The zero-order valence-corrected chi connectivity index (χ0v) is 21.6. The average molecular weight is 554 g/mol. The molecule has 0 amide bonds. The van der Waals surface area contributed by atoms with Crippen LogP contribution in [0.2, 0.25) is 5.04 Å². The molecule has 4 atom stereocenters. The maximum Gasteiger partial charge on any atom is 0.302 e. The molecule has 0 aliphatic carbocycles. The second-order valence-electron chi connectivity index (χ2n) is 8.92. The van der Waals surface area contributed by atoms with Gasteiger partial charge in [-0.2, -0.15) is 0 Å². The van der Waals surface area contributed by atoms with E-state index in [2.05, 4.69) is 67.6 Å². The van der Waals surface area contributed by atoms with Crippen molar-refractivity contribution in [3.05, 3.63) is 60.7 Å². The molecule has 2 aromatic rings. The summed E-state index contributed by atoms with van der Waals surface area (Å²) in [6.07, 6.45) is -2.14. The third-order valence-corrected chi connectivity index (χ3v) is 11.7. The Kier molecular flexibility index (Phi) is 7.96. The minimum Gasteiger partial charge on any atom is -0.460 e. The van der Waals surface area contributed by atoms with Crippen LogP contribution in [0, 0.1) is 0 Å². The SMILES string of the molecule is CC(=O)O[C@H]1C[C@@H](O[Si](c2ccccc2)(c2ccccc2)C(C)(C)C)[C@@H](O)O[C@@H]1CI. The lowest BCUT2D eigenvalue weighted by molar-refractivity contribution is -0.240. The fourth-order valence-corrected chi connectivity index (χ4v) is 9.81. The smallest absolute Gasteiger partial charge is 0.302 e. The number of esters is 1. The summed E-state index contributed by atoms with van der Waals surface area (Å²) in [5.41, 5.74) is 0. The number of rotatable bonds is 6. The van der Waals surface area contributed by atoms with Crippen LogP contribution in [0.15, 0.2) is 60.7 Å². The first-order valence-electron chi connectivity index (χ1n) is 10.5. The first-order valence-corrected chi connectivity index (χ1v) is 14.0. The van der Waals surface area contributed by atoms with Gasteiger partial charge in [0.05, 0.1) is 0 Å². The number of aliphatic hydroxyl groups is 1. The summed E-state index contributed by atoms with van der Waals surface area (Å²) >= 11 is 2.19. The first kappa shape index (κ1) is 24.4. The van der Waals surface area contributed by atoms with Gasteiger partial charge in [-0.1, -0.05) is 104 Å². The lowest BCUT2D eigenvalue weighted by Gasteiger charge is -2.48. The Balaban J connectivity index is 2.07. The molecule has 7 heteroatoms. The van der Waals surface area contributed by atoms with Crippen LogP contribution in [0.1, 0.15) is 34.1 Å². The highest BCUT2D eigenvalue weighted by Gasteiger charge is 2.53. The van der Waals surface area contributed by atoms with Crippen molar-refractivity contribution in [3.63, 3.8) is 0 Å². The maximum atomic E-state index is 11.7. The van der Waals surface area contributed by atoms with Crippen molar-refractivity contribution in [1.82, 2.24) is 0 Å². The van der Waals surface area contributed by atoms with E-state index in [-0.39, 0.29) is 17.1 Å². The summed E-state index contributed by atoms with van der Waals surface area (Å²) in [5.74, 6) is -0.357. The molecule has 1 aliphatic rings. The van der Waals surface area contributed by atoms with E-state index in [0.717, 1.165) is 10.4 Å². The monoisotopic (exact) mass is 554 g/mol. The lowest BCUT2D eigenvalue weighted by Crippen LogP contribution is -2.69. The van der Waals surface area contributed by atoms with Crippen molar-refractivity contribution in [2.45, 2.75) is 63.8 Å². The standard InChI is InChI=1S/C24H31IO5Si/c1-17(26)28-20-15-21(23(27)29-22(20)16-25)30-31(24(2,3)4,18-11-7-5-8-12-18)19-13-9-6-10-14-19/h5-14,20-23,27H,15-16H2,1-4H3/t20-,21+,22+,23-/m0/s1. The van der Waals surface area contributed by atoms with Crippen LogP contribution in [0.25, 0.3) is 0 Å². The molecule has 5 nitrogen and oxygen atoms in total. The van der Waals surface area contributed by atoms with Crippen LogP contribution in [-0.2, 0) is 18.7 Å². The van der Waals surface area contributed by atoms with Crippen LogP contribution in [0.5, 0.6) is 0 Å². The van der Waals surface area contributed by atoms with Crippen molar-refractivity contribution in [1.29, 1.82) is 0 Å². The molecule has 1 saturated heterocycles. The van der Waals surface area contributed by atoms with Crippen LogP contribution < -0.4 is 10.4 Å². The van der Waals surface area contributed by atoms with Gasteiger partial charge in [0.1, 0.15) is 18.3 Å². The number of benzene rings is 2. The number of alkyl halides is 1. The number of hydrogen-bond donors (Lipinski definition) is 1. The second kappa shape index (κ2) is 10.1. The first-order chi connectivity index (χ1) is 14.7. The fraction of sp³-hybridized carbons (Fsp3) is 0.458. The Hall–Kier alpha value is -1.26. The van der Waals surface area contributed by atoms with Crippen molar-refractivity contribution in [2.75, 3.05) is 4.43 Å². The van der Waals surface area contributed by atoms with E-state index < -0.39 is 26.8 Å². The van der Waals surface area contributed by atoms with E-state index in [1.54, 1.807) is 0 Å². The molecule has 2 aromatic carbocycles. The molecule has 0 saturated carbocycles. The number of halogens is 1. The van der Waals surface area contributed by atoms with Gasteiger partial charge < -0.3 is 19.0 Å². The molecule has 1 fully saturated rings. The molecule has 0 unspecified atom stereocenters. The van der Waals surface area contributed by atoms with E-state index >= 15 is 0 Å². The Labute approximate surface area is 199 Å². The second-order valence-corrected chi connectivity index (χ2v) is 14.1. The van der Waals surface area contributed by atoms with E-state index in [1.807, 2.05) is 36.4 Å². The van der Waals surface area contributed by atoms with E-state index in [1.165, 1.54) is 6.92 Å². The number of carbonyl (C=O) groups excluding carboxylic acids is 1. The molecule has 0 spiro atoms. The molecule has 1 heterocycles. The number of hydrogen-bond acceptors (Lipinski definition) is 5. The van der Waals surface area contributed by atoms with E-state index in [9.17, 15) is 9.90 Å². The Morgan fingerprint density at radius 3 is 2.00 bits per heavy atom. The normalized spacial score (nSPS) is 24.6. The highest BCUT2D eigenvalue weighted by molar-refractivity contribution is 14.1. The van der Waals surface area contributed by atoms with Crippen molar-refractivity contribution >= 4 is 47.3 Å². The van der Waals surface area contributed by atoms with Gasteiger partial charge in [-0.15, -0.1) is 0 Å². The zero-order chi connectivity index (χ0) is 22.6. The van der Waals surface area contributed by atoms with Gasteiger partial charge in [0, 0.05) is 17.8 Å². The molecular weight excluding hydrogens is 523 g/mol. The number of ether oxygens (including phenoxy) is 2. The van der Waals surface area contributed by atoms with Gasteiger partial charge in [0.2, 0.25) is 0 Å². The summed E-state index contributed by atoms with van der Waals surface area (Å²) in [5, 5.41) is 12.9. The zero-order valence-electron chi connectivity index (χ0n) is 18.5. The number of carbonyl (C=O) groups is 1. The van der Waals surface area contributed by atoms with E-state index in [0.29, 0.717) is 10.8 Å². The Morgan fingerprint density at radius 1 is 1.06 bits per heavy atom. The quantitative estimate of drug-likeness (QED) is 0.257. The van der Waals surface area contributed by atoms with E-state index in [4.69, 9.17) is 13.9 Å². The summed E-state index contributed by atoms with van der Waals surface area (Å²) in [6, 6.07) is 20.5. The molecule has 0 bridgehead atoms. The molecule has 31 heavy (non-hydrogen) atoms. The highest BCUT2D eigenvalue weighted by Crippen LogP contribution is 2.39. The lowest BCUT2D eigenvalue weighted by atomic mass is 10.0. The molecule has 3 rings (SSSR count). The third-order valence-electron chi connectivity index (χ3n) is 5.73. The number of aliphatic hydroxyl groups excluding tert-OH is 1. The van der Waals surface area contributed by atoms with Gasteiger partial charge in [-0.25, -0.2) is 0 Å². The Bertz CT molecular complexity index is 816. The summed E-state index contributed by atoms with van der Waals surface area (Å²) in [7, 11) is -2.86. The molecular formula is C24H31IO5Si. The van der Waals surface area contributed by atoms with Gasteiger partial charge in [-0.3, -0.25) is 4.79 Å². The summed E-state index contributed by atoms with van der Waals surface area (Å²) in [4.78, 5) is 11.7. The van der Waals surface area contributed by atoms with Gasteiger partial charge in [0.15, 0.2) is 6.29 Å². The molecule has 168 valence electrons. The van der Waals surface area contributed by atoms with Gasteiger partial charge in [0.25, 0.3) is 8.32 Å². The molecule has 1 N–H and O–H groups in total. The minimum atomic E-state index is -2.86. The van der Waals surface area contributed by atoms with Crippen LogP contribution in [0.3, 0.4) is 0 Å². The van der Waals surface area contributed by atoms with Crippen molar-refractivity contribution in [2.24, 2.45) is 0 Å². The van der Waals surface area contributed by atoms with Crippen molar-refractivity contribution < 1.29 is 23.8 Å². The summed E-state index contributed by atoms with van der Waals surface area (Å²) in [6.45, 7) is 7.96. The average Bonchev–Trinajstić information content (AvgIpc) is 2.73. The maximum absolute atomic E-state index is 11.7. The topological polar surface area (TPSA) is 65.0 Å². The predicted molar refractivity (Wildman–Crippen MR) is 132 cm³/mol. The molecule has 0 radical (unpaired) electrons. The largest absolute Gasteiger partial charge is 0.460 e. The minimum absolute atomic E-state index is 0.230. The Morgan fingerprint density at radius 2 is 1.58 bits per heavy atom. The summed E-state index contributed by atoms with van der Waals surface area (Å²) < 4.78 is 19.0. The van der Waals surface area contributed by atoms with Crippen LogP contribution >= 0.6 is 22.6 Å². The van der Waals surface area contributed by atoms with Crippen LogP contribution in [0.4, 0.5) is 0 Å². The third kappa shape index (κ3) is 5.22. The highest BCUT2D eigenvalue weighted by atomic mass is 127. The van der Waals surface area contributed by atoms with Crippen molar-refractivity contribution in [3.8, 4) is 0 Å². The van der Waals surface area contributed by atoms with Gasteiger partial charge in [-0.05, 0) is 15.4 Å². The van der Waals surface area contributed by atoms with Crippen LogP contribution in [-0.4, -0.2) is 48.4 Å². The molecule has 0 aromatic heterocycles. The predicted octanol–water partition coefficient (Wildman–Crippen LogP) is 3.41. The fourth-order valence-electron chi connectivity index (χ4n) is 4.35.